The molecule has 3 aromatic rings. The van der Waals surface area contributed by atoms with Gasteiger partial charge in [0.1, 0.15) is 11.6 Å². The molecule has 0 radical (unpaired) electrons. The maximum atomic E-state index is 4.72. The summed E-state index contributed by atoms with van der Waals surface area (Å²) in [5.74, 6) is 2.97. The van der Waals surface area contributed by atoms with Crippen LogP contribution in [0.4, 0.5) is 11.6 Å². The number of anilines is 2. The molecule has 2 N–H and O–H groups in total. The summed E-state index contributed by atoms with van der Waals surface area (Å²) in [6.45, 7) is 3.11. The van der Waals surface area contributed by atoms with Gasteiger partial charge in [0.2, 0.25) is 0 Å². The Morgan fingerprint density at radius 3 is 2.79 bits per heavy atom. The number of nitrogens with one attached hydrogen (secondary N) is 2. The molecule has 0 atom stereocenters. The van der Waals surface area contributed by atoms with E-state index >= 15 is 0 Å². The van der Waals surface area contributed by atoms with Crippen LogP contribution in [-0.4, -0.2) is 40.3 Å². The van der Waals surface area contributed by atoms with Crippen LogP contribution in [0.25, 0.3) is 11.0 Å². The fraction of sp³-hybridized carbons (Fsp3) is 0.333. The van der Waals surface area contributed by atoms with Crippen molar-refractivity contribution in [3.8, 4) is 0 Å². The lowest BCUT2D eigenvalue weighted by atomic mass is 10.3. The number of nitrogens with zero attached hydrogens (tertiary/aromatic N) is 3. The molecular formula is C18H21N5S. The number of pyridine rings is 1. The summed E-state index contributed by atoms with van der Waals surface area (Å²) in [7, 11) is 0. The Bertz CT molecular complexity index is 777. The average Bonchev–Trinajstić information content (AvgIpc) is 3.28. The maximum Gasteiger partial charge on any atom is 0.166 e. The van der Waals surface area contributed by atoms with Crippen LogP contribution in [0.1, 0.15) is 12.8 Å². The van der Waals surface area contributed by atoms with Crippen molar-refractivity contribution >= 4 is 34.4 Å². The summed E-state index contributed by atoms with van der Waals surface area (Å²) >= 11 is 1.73. The molecule has 6 heteroatoms. The Morgan fingerprint density at radius 2 is 1.92 bits per heavy atom. The molecule has 0 aliphatic carbocycles. The number of aromatic amines is 1. The molecule has 3 heterocycles. The van der Waals surface area contributed by atoms with Gasteiger partial charge in [0.05, 0.1) is 11.0 Å². The van der Waals surface area contributed by atoms with Crippen molar-refractivity contribution in [2.24, 2.45) is 0 Å². The number of para-hydroxylation sites is 2. The van der Waals surface area contributed by atoms with Gasteiger partial charge >= 0.3 is 0 Å². The summed E-state index contributed by atoms with van der Waals surface area (Å²) in [5, 5.41) is 4.38. The smallest absolute Gasteiger partial charge is 0.166 e. The van der Waals surface area contributed by atoms with E-state index < -0.39 is 0 Å². The van der Waals surface area contributed by atoms with Crippen molar-refractivity contribution in [1.82, 2.24) is 15.0 Å². The van der Waals surface area contributed by atoms with Crippen LogP contribution in [-0.2, 0) is 0 Å². The lowest BCUT2D eigenvalue weighted by Crippen LogP contribution is -2.19. The van der Waals surface area contributed by atoms with Crippen LogP contribution in [0.15, 0.2) is 47.6 Å². The highest BCUT2D eigenvalue weighted by Crippen LogP contribution is 2.21. The molecule has 1 aliphatic heterocycles. The number of rotatable bonds is 6. The van der Waals surface area contributed by atoms with Crippen molar-refractivity contribution in [2.45, 2.75) is 18.0 Å². The van der Waals surface area contributed by atoms with Crippen LogP contribution >= 0.6 is 11.8 Å². The molecule has 1 aromatic carbocycles. The van der Waals surface area contributed by atoms with E-state index in [1.807, 2.05) is 24.3 Å². The Balaban J connectivity index is 1.30. The van der Waals surface area contributed by atoms with Crippen molar-refractivity contribution < 1.29 is 0 Å². The molecule has 1 fully saturated rings. The molecule has 0 amide bonds. The van der Waals surface area contributed by atoms with E-state index in [1.54, 1.807) is 11.8 Å². The van der Waals surface area contributed by atoms with Gasteiger partial charge in [0, 0.05) is 25.4 Å². The number of hydrogen-bond acceptors (Lipinski definition) is 5. The Hall–Kier alpha value is -2.21. The molecule has 0 spiro atoms. The Labute approximate surface area is 145 Å². The van der Waals surface area contributed by atoms with Crippen molar-refractivity contribution in [3.63, 3.8) is 0 Å². The third kappa shape index (κ3) is 3.48. The number of fused-ring (bicyclic) bond motifs is 1. The van der Waals surface area contributed by atoms with E-state index in [0.29, 0.717) is 0 Å². The monoisotopic (exact) mass is 339 g/mol. The van der Waals surface area contributed by atoms with Gasteiger partial charge in [-0.05, 0) is 37.1 Å². The maximum absolute atomic E-state index is 4.72. The van der Waals surface area contributed by atoms with Crippen LogP contribution in [0.3, 0.4) is 0 Å². The van der Waals surface area contributed by atoms with Crippen molar-refractivity contribution in [2.75, 3.05) is 35.6 Å². The first kappa shape index (κ1) is 15.3. The first-order valence-corrected chi connectivity index (χ1v) is 9.40. The number of thioether (sulfide) groups is 1. The molecule has 1 aliphatic rings. The summed E-state index contributed by atoms with van der Waals surface area (Å²) in [6, 6.07) is 14.3. The average molecular weight is 339 g/mol. The highest BCUT2D eigenvalue weighted by Gasteiger charge is 2.13. The molecule has 2 aromatic heterocycles. The van der Waals surface area contributed by atoms with Gasteiger partial charge in [-0.3, -0.25) is 0 Å². The van der Waals surface area contributed by atoms with Crippen LogP contribution in [0.5, 0.6) is 0 Å². The topological polar surface area (TPSA) is 56.8 Å². The predicted octanol–water partition coefficient (Wildman–Crippen LogP) is 3.76. The SMILES string of the molecule is c1cc(NCCSc2nc3ccccc3[nH]2)nc(N2CCCC2)c1. The highest BCUT2D eigenvalue weighted by atomic mass is 32.2. The standard InChI is InChI=1S/C18H21N5S/c1-2-7-15-14(6-1)20-18(21-15)24-13-10-19-16-8-5-9-17(22-16)23-11-3-4-12-23/h1-2,5-9H,3-4,10-13H2,(H,19,22)(H,20,21). The normalized spacial score (nSPS) is 14.4. The fourth-order valence-electron chi connectivity index (χ4n) is 2.97. The minimum Gasteiger partial charge on any atom is -0.369 e. The first-order chi connectivity index (χ1) is 11.9. The van der Waals surface area contributed by atoms with Gasteiger partial charge in [0.25, 0.3) is 0 Å². The second-order valence-electron chi connectivity index (χ2n) is 5.91. The van der Waals surface area contributed by atoms with Gasteiger partial charge in [-0.25, -0.2) is 9.97 Å². The van der Waals surface area contributed by atoms with Gasteiger partial charge < -0.3 is 15.2 Å². The zero-order valence-electron chi connectivity index (χ0n) is 13.5. The van der Waals surface area contributed by atoms with Crippen LogP contribution < -0.4 is 10.2 Å². The highest BCUT2D eigenvalue weighted by molar-refractivity contribution is 7.99. The number of aromatic nitrogens is 3. The van der Waals surface area contributed by atoms with Crippen molar-refractivity contribution in [3.05, 3.63) is 42.5 Å². The largest absolute Gasteiger partial charge is 0.369 e. The molecule has 0 unspecified atom stereocenters. The summed E-state index contributed by atoms with van der Waals surface area (Å²) in [5.41, 5.74) is 2.11. The third-order valence-corrected chi connectivity index (χ3v) is 5.05. The minimum absolute atomic E-state index is 0.859. The number of hydrogen-bond donors (Lipinski definition) is 2. The Kier molecular flexibility index (Phi) is 4.55. The van der Waals surface area contributed by atoms with Crippen LogP contribution in [0.2, 0.25) is 0 Å². The quantitative estimate of drug-likeness (QED) is 0.529. The van der Waals surface area contributed by atoms with Gasteiger partial charge in [-0.1, -0.05) is 30.0 Å². The van der Waals surface area contributed by atoms with Crippen molar-refractivity contribution in [1.29, 1.82) is 0 Å². The fourth-order valence-corrected chi connectivity index (χ4v) is 3.71. The van der Waals surface area contributed by atoms with Gasteiger partial charge in [-0.15, -0.1) is 0 Å². The molecule has 24 heavy (non-hydrogen) atoms. The van der Waals surface area contributed by atoms with E-state index in [-0.39, 0.29) is 0 Å². The van der Waals surface area contributed by atoms with E-state index in [9.17, 15) is 0 Å². The molecular weight excluding hydrogens is 318 g/mol. The second-order valence-corrected chi connectivity index (χ2v) is 6.99. The van der Waals surface area contributed by atoms with E-state index in [2.05, 4.69) is 38.4 Å². The van der Waals surface area contributed by atoms with Gasteiger partial charge in [-0.2, -0.15) is 0 Å². The zero-order chi connectivity index (χ0) is 16.2. The number of benzene rings is 1. The summed E-state index contributed by atoms with van der Waals surface area (Å²) in [4.78, 5) is 15.0. The summed E-state index contributed by atoms with van der Waals surface area (Å²) < 4.78 is 0. The molecule has 1 saturated heterocycles. The lowest BCUT2D eigenvalue weighted by molar-refractivity contribution is 0.936. The Morgan fingerprint density at radius 1 is 1.04 bits per heavy atom. The molecule has 0 bridgehead atoms. The molecule has 5 nitrogen and oxygen atoms in total. The third-order valence-electron chi connectivity index (χ3n) is 4.18. The van der Waals surface area contributed by atoms with E-state index in [4.69, 9.17) is 4.98 Å². The molecule has 4 rings (SSSR count). The van der Waals surface area contributed by atoms with E-state index in [1.165, 1.54) is 12.8 Å². The number of imidazole rings is 1. The zero-order valence-corrected chi connectivity index (χ0v) is 14.4. The van der Waals surface area contributed by atoms with Gasteiger partial charge in [0.15, 0.2) is 5.16 Å². The van der Waals surface area contributed by atoms with Crippen LogP contribution in [0, 0.1) is 0 Å². The van der Waals surface area contributed by atoms with E-state index in [0.717, 1.165) is 53.2 Å². The number of H-pyrrole nitrogens is 1. The predicted molar refractivity (Wildman–Crippen MR) is 101 cm³/mol. The molecule has 0 saturated carbocycles. The minimum atomic E-state index is 0.859. The second kappa shape index (κ2) is 7.13. The summed E-state index contributed by atoms with van der Waals surface area (Å²) in [6.07, 6.45) is 2.54. The molecule has 124 valence electrons. The first-order valence-electron chi connectivity index (χ1n) is 8.42. The lowest BCUT2D eigenvalue weighted by Gasteiger charge is -2.17.